The molecule has 0 saturated heterocycles. The molecule has 0 aromatic heterocycles. The van der Waals surface area contributed by atoms with Gasteiger partial charge in [0.15, 0.2) is 0 Å². The van der Waals surface area contributed by atoms with Crippen LogP contribution in [0.5, 0.6) is 5.75 Å². The van der Waals surface area contributed by atoms with E-state index in [4.69, 9.17) is 27.9 Å². The molecule has 0 atom stereocenters. The van der Waals surface area contributed by atoms with E-state index in [0.29, 0.717) is 10.6 Å². The third-order valence-corrected chi connectivity index (χ3v) is 6.09. The number of halogens is 2. The van der Waals surface area contributed by atoms with E-state index >= 15 is 0 Å². The van der Waals surface area contributed by atoms with Crippen molar-refractivity contribution in [2.75, 3.05) is 6.54 Å². The molecule has 33 heavy (non-hydrogen) atoms. The number of esters is 1. The Morgan fingerprint density at radius 1 is 0.970 bits per heavy atom. The first-order valence-electron chi connectivity index (χ1n) is 9.38. The summed E-state index contributed by atoms with van der Waals surface area (Å²) in [5.41, 5.74) is 3.01. The largest absolute Gasteiger partial charge is 0.423 e. The number of hydrogen-bond donors (Lipinski definition) is 2. The molecule has 0 aliphatic rings. The zero-order valence-corrected chi connectivity index (χ0v) is 19.2. The van der Waals surface area contributed by atoms with Crippen LogP contribution in [0.25, 0.3) is 0 Å². The standard InChI is InChI=1S/C22H17Cl2N3O5S/c23-16-8-11-19(20(24)12-16)22(29)32-17-9-6-15(7-10-17)13-25-27-21(28)14-26-33(30,31)18-4-2-1-3-5-18/h1-13,26H,14H2,(H,27,28)/b25-13-. The first-order valence-corrected chi connectivity index (χ1v) is 11.6. The Hall–Kier alpha value is -3.24. The van der Waals surface area contributed by atoms with Crippen LogP contribution in [-0.2, 0) is 14.8 Å². The molecule has 3 aromatic rings. The summed E-state index contributed by atoms with van der Waals surface area (Å²) in [5, 5.41) is 4.36. The summed E-state index contributed by atoms with van der Waals surface area (Å²) in [7, 11) is -3.79. The van der Waals surface area contributed by atoms with Gasteiger partial charge < -0.3 is 4.74 Å². The van der Waals surface area contributed by atoms with Crippen LogP contribution in [-0.4, -0.2) is 33.1 Å². The third-order valence-electron chi connectivity index (χ3n) is 4.12. The Morgan fingerprint density at radius 3 is 2.33 bits per heavy atom. The number of ether oxygens (including phenoxy) is 1. The molecule has 8 nitrogen and oxygen atoms in total. The lowest BCUT2D eigenvalue weighted by Crippen LogP contribution is -2.34. The second-order valence-electron chi connectivity index (χ2n) is 6.51. The number of nitrogens with one attached hydrogen (secondary N) is 2. The smallest absolute Gasteiger partial charge is 0.345 e. The second-order valence-corrected chi connectivity index (χ2v) is 9.12. The van der Waals surface area contributed by atoms with Gasteiger partial charge >= 0.3 is 5.97 Å². The Morgan fingerprint density at radius 2 is 1.67 bits per heavy atom. The number of carbonyl (C=O) groups excluding carboxylic acids is 2. The number of benzene rings is 3. The molecule has 0 aliphatic carbocycles. The summed E-state index contributed by atoms with van der Waals surface area (Å²) in [6, 6.07) is 18.4. The van der Waals surface area contributed by atoms with E-state index in [1.54, 1.807) is 42.5 Å². The van der Waals surface area contributed by atoms with Gasteiger partial charge in [0.25, 0.3) is 5.91 Å². The minimum Gasteiger partial charge on any atom is -0.423 e. The van der Waals surface area contributed by atoms with Gasteiger partial charge in [0.2, 0.25) is 10.0 Å². The summed E-state index contributed by atoms with van der Waals surface area (Å²) in [6.45, 7) is -0.475. The number of nitrogens with zero attached hydrogens (tertiary/aromatic N) is 1. The number of sulfonamides is 1. The highest BCUT2D eigenvalue weighted by molar-refractivity contribution is 7.89. The van der Waals surface area contributed by atoms with E-state index in [-0.39, 0.29) is 21.2 Å². The Kier molecular flexibility index (Phi) is 8.18. The molecule has 0 fully saturated rings. The van der Waals surface area contributed by atoms with Gasteiger partial charge in [-0.05, 0) is 60.2 Å². The minimum absolute atomic E-state index is 0.0559. The van der Waals surface area contributed by atoms with Crippen molar-refractivity contribution < 1.29 is 22.7 Å². The van der Waals surface area contributed by atoms with Crippen LogP contribution >= 0.6 is 23.2 Å². The fourth-order valence-electron chi connectivity index (χ4n) is 2.50. The first-order chi connectivity index (χ1) is 15.7. The SMILES string of the molecule is O=C(CNS(=O)(=O)c1ccccc1)N/N=C\c1ccc(OC(=O)c2ccc(Cl)cc2Cl)cc1. The third kappa shape index (κ3) is 7.13. The number of hydrogen-bond acceptors (Lipinski definition) is 6. The zero-order valence-electron chi connectivity index (χ0n) is 16.9. The molecule has 2 N–H and O–H groups in total. The van der Waals surface area contributed by atoms with E-state index in [9.17, 15) is 18.0 Å². The van der Waals surface area contributed by atoms with Gasteiger partial charge in [-0.1, -0.05) is 41.4 Å². The van der Waals surface area contributed by atoms with Crippen LogP contribution in [0.4, 0.5) is 0 Å². The molecule has 0 spiro atoms. The summed E-state index contributed by atoms with van der Waals surface area (Å²) >= 11 is 11.8. The van der Waals surface area contributed by atoms with Gasteiger partial charge in [0.05, 0.1) is 28.2 Å². The van der Waals surface area contributed by atoms with Crippen LogP contribution in [0.15, 0.2) is 82.8 Å². The molecule has 0 radical (unpaired) electrons. The van der Waals surface area contributed by atoms with E-state index in [1.165, 1.54) is 36.5 Å². The van der Waals surface area contributed by atoms with Gasteiger partial charge in [-0.2, -0.15) is 5.10 Å². The highest BCUT2D eigenvalue weighted by Crippen LogP contribution is 2.23. The van der Waals surface area contributed by atoms with Crippen molar-refractivity contribution in [1.29, 1.82) is 0 Å². The summed E-state index contributed by atoms with van der Waals surface area (Å²) in [5.74, 6) is -0.998. The number of carbonyl (C=O) groups is 2. The number of hydrazone groups is 1. The highest BCUT2D eigenvalue weighted by Gasteiger charge is 2.15. The van der Waals surface area contributed by atoms with E-state index in [0.717, 1.165) is 0 Å². The van der Waals surface area contributed by atoms with E-state index in [2.05, 4.69) is 15.2 Å². The summed E-state index contributed by atoms with van der Waals surface area (Å²) in [4.78, 5) is 24.1. The van der Waals surface area contributed by atoms with Gasteiger partial charge in [-0.25, -0.2) is 23.4 Å². The predicted molar refractivity (Wildman–Crippen MR) is 125 cm³/mol. The van der Waals surface area contributed by atoms with Crippen LogP contribution < -0.4 is 14.9 Å². The fraction of sp³-hybridized carbons (Fsp3) is 0.0455. The maximum atomic E-state index is 12.2. The monoisotopic (exact) mass is 505 g/mol. The molecule has 170 valence electrons. The quantitative estimate of drug-likeness (QED) is 0.210. The highest BCUT2D eigenvalue weighted by atomic mass is 35.5. The molecule has 0 saturated carbocycles. The Balaban J connectivity index is 1.49. The lowest BCUT2D eigenvalue weighted by Gasteiger charge is -2.06. The van der Waals surface area contributed by atoms with E-state index in [1.807, 2.05) is 0 Å². The Bertz CT molecular complexity index is 1280. The van der Waals surface area contributed by atoms with Crippen molar-refractivity contribution in [2.45, 2.75) is 4.90 Å². The van der Waals surface area contributed by atoms with Gasteiger partial charge in [-0.3, -0.25) is 4.79 Å². The molecule has 0 bridgehead atoms. The van der Waals surface area contributed by atoms with Gasteiger partial charge in [0.1, 0.15) is 5.75 Å². The molecule has 0 unspecified atom stereocenters. The predicted octanol–water partition coefficient (Wildman–Crippen LogP) is 3.64. The minimum atomic E-state index is -3.79. The average molecular weight is 506 g/mol. The lowest BCUT2D eigenvalue weighted by molar-refractivity contribution is -0.119. The van der Waals surface area contributed by atoms with Crippen LogP contribution in [0.2, 0.25) is 10.0 Å². The van der Waals surface area contributed by atoms with Crippen molar-refractivity contribution >= 4 is 51.3 Å². The van der Waals surface area contributed by atoms with Crippen molar-refractivity contribution in [3.63, 3.8) is 0 Å². The van der Waals surface area contributed by atoms with Crippen LogP contribution in [0.3, 0.4) is 0 Å². The molecule has 0 heterocycles. The summed E-state index contributed by atoms with van der Waals surface area (Å²) in [6.07, 6.45) is 1.35. The van der Waals surface area contributed by atoms with E-state index < -0.39 is 28.4 Å². The average Bonchev–Trinajstić information content (AvgIpc) is 2.79. The van der Waals surface area contributed by atoms with Crippen molar-refractivity contribution in [3.8, 4) is 5.75 Å². The van der Waals surface area contributed by atoms with Gasteiger partial charge in [-0.15, -0.1) is 0 Å². The molecule has 3 aromatic carbocycles. The van der Waals surface area contributed by atoms with Gasteiger partial charge in [0, 0.05) is 5.02 Å². The van der Waals surface area contributed by atoms with Crippen molar-refractivity contribution in [3.05, 3.63) is 94.0 Å². The van der Waals surface area contributed by atoms with Crippen molar-refractivity contribution in [1.82, 2.24) is 10.1 Å². The Labute approximate surface area is 200 Å². The van der Waals surface area contributed by atoms with Crippen LogP contribution in [0.1, 0.15) is 15.9 Å². The number of rotatable bonds is 8. The molecular formula is C22H17Cl2N3O5S. The second kappa shape index (κ2) is 11.1. The molecule has 11 heteroatoms. The number of amides is 1. The maximum absolute atomic E-state index is 12.2. The molecule has 0 aliphatic heterocycles. The molecule has 1 amide bonds. The fourth-order valence-corrected chi connectivity index (χ4v) is 3.99. The van der Waals surface area contributed by atoms with Crippen molar-refractivity contribution in [2.24, 2.45) is 5.10 Å². The lowest BCUT2D eigenvalue weighted by atomic mass is 10.2. The topological polar surface area (TPSA) is 114 Å². The first kappa shape index (κ1) is 24.4. The zero-order chi connectivity index (χ0) is 23.8. The normalized spacial score (nSPS) is 11.3. The molecular weight excluding hydrogens is 489 g/mol. The summed E-state index contributed by atoms with van der Waals surface area (Å²) < 4.78 is 31.6. The van der Waals surface area contributed by atoms with Crippen LogP contribution in [0, 0.1) is 0 Å². The maximum Gasteiger partial charge on any atom is 0.345 e. The molecule has 3 rings (SSSR count).